The molecule has 1 N–H and O–H groups in total. The summed E-state index contributed by atoms with van der Waals surface area (Å²) in [5, 5.41) is 3.99. The number of aryl methyl sites for hydroxylation is 1. The van der Waals surface area contributed by atoms with Gasteiger partial charge in [-0.15, -0.1) is 11.8 Å². The van der Waals surface area contributed by atoms with Crippen LogP contribution in [-0.4, -0.2) is 47.3 Å². The van der Waals surface area contributed by atoms with Gasteiger partial charge in [-0.25, -0.2) is 0 Å². The maximum atomic E-state index is 12.1. The zero-order valence-corrected chi connectivity index (χ0v) is 15.5. The summed E-state index contributed by atoms with van der Waals surface area (Å²) < 4.78 is 1.64. The molecule has 1 aliphatic heterocycles. The van der Waals surface area contributed by atoms with Crippen molar-refractivity contribution in [3.63, 3.8) is 0 Å². The predicted octanol–water partition coefficient (Wildman–Crippen LogP) is 2.23. The van der Waals surface area contributed by atoms with E-state index in [1.54, 1.807) is 17.7 Å². The van der Waals surface area contributed by atoms with Crippen molar-refractivity contribution >= 4 is 28.6 Å². The number of aromatic nitrogens is 1. The van der Waals surface area contributed by atoms with Crippen molar-refractivity contribution < 1.29 is 4.79 Å². The van der Waals surface area contributed by atoms with E-state index in [1.165, 1.54) is 37.7 Å². The Morgan fingerprint density at radius 2 is 2.00 bits per heavy atom. The van der Waals surface area contributed by atoms with Gasteiger partial charge in [0.05, 0.1) is 11.3 Å². The van der Waals surface area contributed by atoms with E-state index in [0.717, 1.165) is 28.8 Å². The fourth-order valence-corrected chi connectivity index (χ4v) is 4.13. The van der Waals surface area contributed by atoms with Crippen LogP contribution in [0.2, 0.25) is 0 Å². The lowest BCUT2D eigenvalue weighted by atomic mass is 10.2. The second-order valence-corrected chi connectivity index (χ2v) is 7.48. The van der Waals surface area contributed by atoms with Crippen molar-refractivity contribution in [1.29, 1.82) is 0 Å². The van der Waals surface area contributed by atoms with Gasteiger partial charge in [0, 0.05) is 29.9 Å². The van der Waals surface area contributed by atoms with Crippen LogP contribution >= 0.6 is 11.8 Å². The number of thioether (sulfide) groups is 1. The maximum absolute atomic E-state index is 12.1. The molecule has 0 unspecified atom stereocenters. The summed E-state index contributed by atoms with van der Waals surface area (Å²) >= 11 is 1.43. The highest BCUT2D eigenvalue weighted by Crippen LogP contribution is 2.25. The molecule has 1 amide bonds. The lowest BCUT2D eigenvalue weighted by Crippen LogP contribution is -2.29. The minimum absolute atomic E-state index is 0.0242. The number of fused-ring (bicyclic) bond motifs is 1. The summed E-state index contributed by atoms with van der Waals surface area (Å²) in [6.07, 6.45) is 3.59. The lowest BCUT2D eigenvalue weighted by molar-refractivity contribution is -0.118. The van der Waals surface area contributed by atoms with Crippen molar-refractivity contribution in [2.24, 2.45) is 7.05 Å². The average molecular weight is 359 g/mol. The van der Waals surface area contributed by atoms with Gasteiger partial charge >= 0.3 is 0 Å². The fraction of sp³-hybridized carbons (Fsp3) is 0.474. The minimum Gasteiger partial charge on any atom is -0.355 e. The van der Waals surface area contributed by atoms with E-state index in [1.807, 2.05) is 24.3 Å². The molecule has 3 rings (SSSR count). The van der Waals surface area contributed by atoms with Gasteiger partial charge in [-0.1, -0.05) is 18.2 Å². The van der Waals surface area contributed by atoms with E-state index >= 15 is 0 Å². The topological polar surface area (TPSA) is 54.3 Å². The van der Waals surface area contributed by atoms with Crippen molar-refractivity contribution in [2.75, 3.05) is 31.9 Å². The van der Waals surface area contributed by atoms with Crippen LogP contribution in [0.25, 0.3) is 10.9 Å². The summed E-state index contributed by atoms with van der Waals surface area (Å²) in [5.41, 5.74) is 0.843. The van der Waals surface area contributed by atoms with Crippen LogP contribution in [0.1, 0.15) is 19.3 Å². The summed E-state index contributed by atoms with van der Waals surface area (Å²) in [4.78, 5) is 27.5. The predicted molar refractivity (Wildman–Crippen MR) is 103 cm³/mol. The maximum Gasteiger partial charge on any atom is 0.251 e. The Bertz CT molecular complexity index is 797. The highest BCUT2D eigenvalue weighted by Gasteiger charge is 2.11. The van der Waals surface area contributed by atoms with Gasteiger partial charge in [0.2, 0.25) is 5.91 Å². The first-order valence-electron chi connectivity index (χ1n) is 8.86. The van der Waals surface area contributed by atoms with E-state index in [9.17, 15) is 9.59 Å². The Labute approximate surface area is 152 Å². The highest BCUT2D eigenvalue weighted by molar-refractivity contribution is 8.00. The van der Waals surface area contributed by atoms with E-state index in [-0.39, 0.29) is 11.5 Å². The molecule has 2 aromatic rings. The Hall–Kier alpha value is -1.79. The third-order valence-electron chi connectivity index (χ3n) is 4.65. The van der Waals surface area contributed by atoms with Gasteiger partial charge in [0.1, 0.15) is 0 Å². The van der Waals surface area contributed by atoms with Crippen LogP contribution in [0.4, 0.5) is 0 Å². The second kappa shape index (κ2) is 8.54. The van der Waals surface area contributed by atoms with Gasteiger partial charge < -0.3 is 14.8 Å². The molecule has 5 nitrogen and oxygen atoms in total. The molecule has 2 heterocycles. The average Bonchev–Trinajstić information content (AvgIpc) is 3.14. The molecule has 6 heteroatoms. The molecule has 0 saturated carbocycles. The van der Waals surface area contributed by atoms with Crippen LogP contribution in [0.3, 0.4) is 0 Å². The Balaban J connectivity index is 1.51. The monoisotopic (exact) mass is 359 g/mol. The Kier molecular flexibility index (Phi) is 6.15. The number of carbonyl (C=O) groups excluding carboxylic acids is 1. The number of nitrogens with zero attached hydrogens (tertiary/aromatic N) is 2. The van der Waals surface area contributed by atoms with Crippen molar-refractivity contribution in [1.82, 2.24) is 14.8 Å². The number of carbonyl (C=O) groups is 1. The molecule has 1 aromatic carbocycles. The van der Waals surface area contributed by atoms with E-state index in [4.69, 9.17) is 0 Å². The van der Waals surface area contributed by atoms with Crippen molar-refractivity contribution in [2.45, 2.75) is 24.2 Å². The summed E-state index contributed by atoms with van der Waals surface area (Å²) in [7, 11) is 1.77. The largest absolute Gasteiger partial charge is 0.355 e. The van der Waals surface area contributed by atoms with Crippen LogP contribution < -0.4 is 10.9 Å². The molecule has 0 bridgehead atoms. The van der Waals surface area contributed by atoms with Crippen LogP contribution in [0.15, 0.2) is 40.0 Å². The molecule has 1 aromatic heterocycles. The van der Waals surface area contributed by atoms with Crippen molar-refractivity contribution in [3.05, 3.63) is 40.7 Å². The molecule has 25 heavy (non-hydrogen) atoms. The molecule has 1 fully saturated rings. The molecule has 0 atom stereocenters. The zero-order chi connectivity index (χ0) is 17.6. The van der Waals surface area contributed by atoms with Crippen molar-refractivity contribution in [3.8, 4) is 0 Å². The summed E-state index contributed by atoms with van der Waals surface area (Å²) in [6, 6.07) is 9.41. The van der Waals surface area contributed by atoms with Gasteiger partial charge in [-0.05, 0) is 45.0 Å². The van der Waals surface area contributed by atoms with Gasteiger partial charge in [0.25, 0.3) is 5.56 Å². The van der Waals surface area contributed by atoms with Crippen LogP contribution in [0, 0.1) is 0 Å². The Morgan fingerprint density at radius 1 is 1.24 bits per heavy atom. The first-order chi connectivity index (χ1) is 12.1. The molecule has 0 aliphatic carbocycles. The number of benzene rings is 1. The van der Waals surface area contributed by atoms with Crippen LogP contribution in [-0.2, 0) is 11.8 Å². The third kappa shape index (κ3) is 4.64. The number of pyridine rings is 1. The quantitative estimate of drug-likeness (QED) is 0.608. The van der Waals surface area contributed by atoms with Crippen LogP contribution in [0.5, 0.6) is 0 Å². The zero-order valence-electron chi connectivity index (χ0n) is 14.7. The minimum atomic E-state index is -0.0489. The number of para-hydroxylation sites is 1. The van der Waals surface area contributed by atoms with Gasteiger partial charge in [-0.2, -0.15) is 0 Å². The third-order valence-corrected chi connectivity index (χ3v) is 5.70. The van der Waals surface area contributed by atoms with E-state index in [2.05, 4.69) is 10.2 Å². The van der Waals surface area contributed by atoms with Gasteiger partial charge in [-0.3, -0.25) is 9.59 Å². The van der Waals surface area contributed by atoms with Gasteiger partial charge in [0.15, 0.2) is 0 Å². The summed E-state index contributed by atoms with van der Waals surface area (Å²) in [6.45, 7) is 4.17. The number of hydrogen-bond acceptors (Lipinski definition) is 4. The highest BCUT2D eigenvalue weighted by atomic mass is 32.2. The molecular formula is C19H25N3O2S. The number of amides is 1. The SMILES string of the molecule is Cn1c(=O)cc(SCC(=O)NCCCN2CCCC2)c2ccccc21. The fourth-order valence-electron chi connectivity index (χ4n) is 3.23. The molecular weight excluding hydrogens is 334 g/mol. The van der Waals surface area contributed by atoms with E-state index in [0.29, 0.717) is 12.3 Å². The first-order valence-corrected chi connectivity index (χ1v) is 9.84. The van der Waals surface area contributed by atoms with E-state index < -0.39 is 0 Å². The second-order valence-electron chi connectivity index (χ2n) is 6.46. The normalized spacial score (nSPS) is 14.9. The summed E-state index contributed by atoms with van der Waals surface area (Å²) in [5.74, 6) is 0.358. The molecule has 0 radical (unpaired) electrons. The number of hydrogen-bond donors (Lipinski definition) is 1. The lowest BCUT2D eigenvalue weighted by Gasteiger charge is -2.14. The smallest absolute Gasteiger partial charge is 0.251 e. The molecule has 0 spiro atoms. The number of nitrogens with one attached hydrogen (secondary N) is 1. The first kappa shape index (κ1) is 18.0. The molecule has 134 valence electrons. The standard InChI is InChI=1S/C19H25N3O2S/c1-21-16-8-3-2-7-15(16)17(13-19(21)24)25-14-18(23)20-9-6-12-22-10-4-5-11-22/h2-3,7-8,13H,4-6,9-12,14H2,1H3,(H,20,23). The molecule has 1 saturated heterocycles. The number of likely N-dealkylation sites (tertiary alicyclic amines) is 1. The Morgan fingerprint density at radius 3 is 2.80 bits per heavy atom. The number of rotatable bonds is 7. The molecule has 1 aliphatic rings.